The van der Waals surface area contributed by atoms with Crippen molar-refractivity contribution < 1.29 is 14.3 Å². The summed E-state index contributed by atoms with van der Waals surface area (Å²) in [5.41, 5.74) is 4.02. The molecule has 0 amide bonds. The molecule has 2 aliphatic carbocycles. The number of carbonyl (C=O) groups is 1. The summed E-state index contributed by atoms with van der Waals surface area (Å²) in [6, 6.07) is 4.21. The largest absolute Gasteiger partial charge is 0.494 e. The Balaban J connectivity index is 1.91. The van der Waals surface area contributed by atoms with Gasteiger partial charge in [0.15, 0.2) is 5.78 Å². The molecular weight excluding hydrogens is 300 g/mol. The molecule has 0 radical (unpaired) electrons. The average Bonchev–Trinajstić information content (AvgIpc) is 3.30. The summed E-state index contributed by atoms with van der Waals surface area (Å²) in [5, 5.41) is 0. The summed E-state index contributed by atoms with van der Waals surface area (Å²) >= 11 is 0. The second-order valence-electron chi connectivity index (χ2n) is 7.91. The SMILES string of the molecule is CCOc1cc2c(cc1C(C)C)C(=O)C=C1[C@]3(CCC[C@@]12C)CO3. The van der Waals surface area contributed by atoms with Crippen LogP contribution in [0.2, 0.25) is 0 Å². The van der Waals surface area contributed by atoms with Crippen LogP contribution in [0.5, 0.6) is 5.75 Å². The highest BCUT2D eigenvalue weighted by Gasteiger charge is 2.58. The molecule has 1 spiro atoms. The zero-order valence-corrected chi connectivity index (χ0v) is 15.1. The van der Waals surface area contributed by atoms with E-state index in [-0.39, 0.29) is 16.8 Å². The minimum atomic E-state index is -0.164. The minimum absolute atomic E-state index is 0.112. The normalized spacial score (nSPS) is 30.9. The van der Waals surface area contributed by atoms with E-state index in [0.717, 1.165) is 48.3 Å². The molecule has 24 heavy (non-hydrogen) atoms. The fourth-order valence-electron chi connectivity index (χ4n) is 4.65. The topological polar surface area (TPSA) is 38.8 Å². The molecule has 3 aliphatic rings. The van der Waals surface area contributed by atoms with E-state index in [1.165, 1.54) is 5.57 Å². The van der Waals surface area contributed by atoms with Crippen LogP contribution < -0.4 is 4.74 Å². The number of ketones is 1. The summed E-state index contributed by atoms with van der Waals surface area (Å²) < 4.78 is 11.8. The fraction of sp³-hybridized carbons (Fsp3) is 0.571. The van der Waals surface area contributed by atoms with E-state index in [0.29, 0.717) is 12.5 Å². The molecule has 3 heteroatoms. The summed E-state index contributed by atoms with van der Waals surface area (Å²) in [4.78, 5) is 12.9. The zero-order chi connectivity index (χ0) is 17.1. The Morgan fingerprint density at radius 2 is 2.04 bits per heavy atom. The molecule has 128 valence electrons. The van der Waals surface area contributed by atoms with Crippen LogP contribution in [0.3, 0.4) is 0 Å². The Bertz CT molecular complexity index is 740. The Kier molecular flexibility index (Phi) is 3.44. The first-order valence-electron chi connectivity index (χ1n) is 9.13. The number of hydrogen-bond donors (Lipinski definition) is 0. The molecule has 1 aliphatic heterocycles. The summed E-state index contributed by atoms with van der Waals surface area (Å²) in [5.74, 6) is 1.38. The minimum Gasteiger partial charge on any atom is -0.494 e. The van der Waals surface area contributed by atoms with Crippen LogP contribution >= 0.6 is 0 Å². The lowest BCUT2D eigenvalue weighted by molar-refractivity contribution is 0.103. The lowest BCUT2D eigenvalue weighted by Crippen LogP contribution is -2.42. The smallest absolute Gasteiger partial charge is 0.186 e. The molecule has 4 rings (SSSR count). The van der Waals surface area contributed by atoms with E-state index >= 15 is 0 Å². The Labute approximate surface area is 144 Å². The highest BCUT2D eigenvalue weighted by molar-refractivity contribution is 6.09. The van der Waals surface area contributed by atoms with Gasteiger partial charge in [-0.05, 0) is 67.0 Å². The molecule has 2 atom stereocenters. The molecule has 1 saturated carbocycles. The number of carbonyl (C=O) groups excluding carboxylic acids is 1. The highest BCUT2D eigenvalue weighted by Crippen LogP contribution is 2.57. The van der Waals surface area contributed by atoms with Crippen LogP contribution in [-0.4, -0.2) is 24.6 Å². The number of fused-ring (bicyclic) bond motifs is 4. The Morgan fingerprint density at radius 1 is 1.29 bits per heavy atom. The van der Waals surface area contributed by atoms with E-state index in [9.17, 15) is 4.79 Å². The summed E-state index contributed by atoms with van der Waals surface area (Å²) in [6.45, 7) is 9.98. The van der Waals surface area contributed by atoms with Gasteiger partial charge in [-0.2, -0.15) is 0 Å². The van der Waals surface area contributed by atoms with E-state index < -0.39 is 0 Å². The first-order valence-corrected chi connectivity index (χ1v) is 9.13. The van der Waals surface area contributed by atoms with E-state index in [1.54, 1.807) is 0 Å². The number of epoxide rings is 1. The average molecular weight is 326 g/mol. The van der Waals surface area contributed by atoms with Crippen molar-refractivity contribution >= 4 is 5.78 Å². The maximum absolute atomic E-state index is 12.9. The van der Waals surface area contributed by atoms with Gasteiger partial charge in [-0.15, -0.1) is 0 Å². The van der Waals surface area contributed by atoms with Crippen molar-refractivity contribution in [3.63, 3.8) is 0 Å². The fourth-order valence-corrected chi connectivity index (χ4v) is 4.65. The lowest BCUT2D eigenvalue weighted by atomic mass is 9.59. The number of benzene rings is 1. The number of hydrogen-bond acceptors (Lipinski definition) is 3. The molecule has 0 N–H and O–H groups in total. The van der Waals surface area contributed by atoms with Crippen LogP contribution in [0.15, 0.2) is 23.8 Å². The molecule has 1 heterocycles. The highest BCUT2D eigenvalue weighted by atomic mass is 16.6. The molecule has 0 unspecified atom stereocenters. The zero-order valence-electron chi connectivity index (χ0n) is 15.1. The van der Waals surface area contributed by atoms with Crippen molar-refractivity contribution in [1.82, 2.24) is 0 Å². The predicted octanol–water partition coefficient (Wildman–Crippen LogP) is 4.54. The van der Waals surface area contributed by atoms with Crippen LogP contribution in [0.1, 0.15) is 74.4 Å². The molecule has 0 bridgehead atoms. The van der Waals surface area contributed by atoms with Crippen molar-refractivity contribution in [2.75, 3.05) is 13.2 Å². The van der Waals surface area contributed by atoms with Gasteiger partial charge >= 0.3 is 0 Å². The molecule has 0 aromatic heterocycles. The summed E-state index contributed by atoms with van der Waals surface area (Å²) in [6.07, 6.45) is 5.12. The van der Waals surface area contributed by atoms with Crippen LogP contribution in [0.25, 0.3) is 0 Å². The van der Waals surface area contributed by atoms with Crippen LogP contribution in [-0.2, 0) is 10.2 Å². The van der Waals surface area contributed by atoms with E-state index in [2.05, 4.69) is 32.9 Å². The Morgan fingerprint density at radius 3 is 2.67 bits per heavy atom. The molecular formula is C21H26O3. The van der Waals surface area contributed by atoms with Gasteiger partial charge in [0, 0.05) is 11.0 Å². The van der Waals surface area contributed by atoms with Gasteiger partial charge in [-0.3, -0.25) is 4.79 Å². The third-order valence-electron chi connectivity index (χ3n) is 6.04. The molecule has 1 saturated heterocycles. The van der Waals surface area contributed by atoms with Gasteiger partial charge in [0.25, 0.3) is 0 Å². The van der Waals surface area contributed by atoms with Crippen molar-refractivity contribution in [1.29, 1.82) is 0 Å². The van der Waals surface area contributed by atoms with Gasteiger partial charge in [0.1, 0.15) is 11.4 Å². The number of ether oxygens (including phenoxy) is 2. The second kappa shape index (κ2) is 5.19. The molecule has 1 aromatic carbocycles. The van der Waals surface area contributed by atoms with Gasteiger partial charge in [-0.1, -0.05) is 20.8 Å². The third-order valence-corrected chi connectivity index (χ3v) is 6.04. The van der Waals surface area contributed by atoms with E-state index in [4.69, 9.17) is 9.47 Å². The molecule has 2 fully saturated rings. The maximum Gasteiger partial charge on any atom is 0.186 e. The maximum atomic E-state index is 12.9. The quantitative estimate of drug-likeness (QED) is 0.765. The van der Waals surface area contributed by atoms with Crippen LogP contribution in [0.4, 0.5) is 0 Å². The van der Waals surface area contributed by atoms with Crippen molar-refractivity contribution in [2.24, 2.45) is 0 Å². The molecule has 1 aromatic rings. The number of allylic oxidation sites excluding steroid dienone is 1. The standard InChI is InChI=1S/C21H26O3/c1-5-23-18-10-16-15(9-14(18)13(2)3)17(22)11-19-20(16,4)7-6-8-21(19)12-24-21/h9-11,13H,5-8,12H2,1-4H3/t20-,21+/m1/s1. The van der Waals surface area contributed by atoms with Crippen molar-refractivity contribution in [3.05, 3.63) is 40.5 Å². The van der Waals surface area contributed by atoms with Gasteiger partial charge in [-0.25, -0.2) is 0 Å². The predicted molar refractivity (Wildman–Crippen MR) is 94.0 cm³/mol. The van der Waals surface area contributed by atoms with Crippen molar-refractivity contribution in [2.45, 2.75) is 63.9 Å². The van der Waals surface area contributed by atoms with Gasteiger partial charge in [0.05, 0.1) is 13.2 Å². The first kappa shape index (κ1) is 15.9. The second-order valence-corrected chi connectivity index (χ2v) is 7.91. The third kappa shape index (κ3) is 2.10. The van der Waals surface area contributed by atoms with Crippen molar-refractivity contribution in [3.8, 4) is 5.75 Å². The summed E-state index contributed by atoms with van der Waals surface area (Å²) in [7, 11) is 0. The molecule has 3 nitrogen and oxygen atoms in total. The number of rotatable bonds is 3. The first-order chi connectivity index (χ1) is 11.4. The van der Waals surface area contributed by atoms with Gasteiger partial charge in [0.2, 0.25) is 0 Å². The lowest BCUT2D eigenvalue weighted by Gasteiger charge is -2.44. The van der Waals surface area contributed by atoms with Crippen LogP contribution in [0, 0.1) is 0 Å². The monoisotopic (exact) mass is 326 g/mol. The van der Waals surface area contributed by atoms with E-state index in [1.807, 2.05) is 13.0 Å². The van der Waals surface area contributed by atoms with Gasteiger partial charge < -0.3 is 9.47 Å². The Hall–Kier alpha value is -1.61.